The van der Waals surface area contributed by atoms with Crippen molar-refractivity contribution in [3.05, 3.63) is 33.9 Å². The van der Waals surface area contributed by atoms with Gasteiger partial charge in [-0.1, -0.05) is 0 Å². The van der Waals surface area contributed by atoms with Crippen LogP contribution in [0.2, 0.25) is 0 Å². The summed E-state index contributed by atoms with van der Waals surface area (Å²) in [7, 11) is 0. The summed E-state index contributed by atoms with van der Waals surface area (Å²) in [6.45, 7) is 4.09. The summed E-state index contributed by atoms with van der Waals surface area (Å²) in [5, 5.41) is 13.5. The first-order valence-corrected chi connectivity index (χ1v) is 9.00. The lowest BCUT2D eigenvalue weighted by Gasteiger charge is -2.50. The van der Waals surface area contributed by atoms with E-state index in [2.05, 4.69) is 5.32 Å². The van der Waals surface area contributed by atoms with E-state index in [1.807, 2.05) is 4.90 Å². The number of carbonyl (C=O) groups excluding carboxylic acids is 3. The van der Waals surface area contributed by atoms with Gasteiger partial charge in [0.15, 0.2) is 5.41 Å². The molecule has 0 bridgehead atoms. The third kappa shape index (κ3) is 2.27. The molecule has 3 aliphatic heterocycles. The van der Waals surface area contributed by atoms with Crippen molar-refractivity contribution in [2.45, 2.75) is 45.2 Å². The van der Waals surface area contributed by atoms with Crippen LogP contribution in [-0.2, 0) is 16.0 Å². The van der Waals surface area contributed by atoms with E-state index in [-0.39, 0.29) is 18.2 Å². The number of nitro benzene ring substituents is 1. The highest BCUT2D eigenvalue weighted by molar-refractivity contribution is 6.20. The van der Waals surface area contributed by atoms with Crippen molar-refractivity contribution >= 4 is 29.2 Å². The molecule has 0 saturated carbocycles. The number of nitro groups is 1. The van der Waals surface area contributed by atoms with Gasteiger partial charge in [0, 0.05) is 36.8 Å². The normalized spacial score (nSPS) is 27.1. The van der Waals surface area contributed by atoms with Crippen molar-refractivity contribution in [2.24, 2.45) is 5.41 Å². The Morgan fingerprint density at radius 1 is 1.30 bits per heavy atom. The maximum atomic E-state index is 13.4. The number of amides is 4. The Hall–Kier alpha value is -2.97. The number of urea groups is 1. The van der Waals surface area contributed by atoms with E-state index >= 15 is 0 Å². The lowest BCUT2D eigenvalue weighted by Crippen LogP contribution is -2.72. The van der Waals surface area contributed by atoms with Gasteiger partial charge in [-0.05, 0) is 38.3 Å². The van der Waals surface area contributed by atoms with Gasteiger partial charge in [-0.3, -0.25) is 29.9 Å². The molecule has 3 heterocycles. The number of carbonyl (C=O) groups is 3. The SMILES string of the molecule is CC(C)N1C(=O)NC(=O)[C@@]2(Cc3cc([N+](=O)[O-])ccc3N3CCC[C@@H]32)C1=O. The molecule has 1 spiro atoms. The topological polar surface area (TPSA) is 113 Å². The second-order valence-electron chi connectivity index (χ2n) is 7.60. The van der Waals surface area contributed by atoms with E-state index in [9.17, 15) is 24.5 Å². The van der Waals surface area contributed by atoms with E-state index in [0.717, 1.165) is 17.0 Å². The first-order valence-electron chi connectivity index (χ1n) is 9.00. The zero-order valence-electron chi connectivity index (χ0n) is 15.1. The molecular formula is C18H20N4O5. The Bertz CT molecular complexity index is 883. The molecule has 4 rings (SSSR count). The number of fused-ring (bicyclic) bond motifs is 4. The fraction of sp³-hybridized carbons (Fsp3) is 0.500. The molecule has 9 heteroatoms. The number of rotatable bonds is 2. The summed E-state index contributed by atoms with van der Waals surface area (Å²) in [6, 6.07) is 3.09. The number of imide groups is 2. The Balaban J connectivity index is 1.88. The van der Waals surface area contributed by atoms with Crippen molar-refractivity contribution < 1.29 is 19.3 Å². The molecule has 3 aliphatic rings. The third-order valence-corrected chi connectivity index (χ3v) is 5.84. The molecule has 2 saturated heterocycles. The molecule has 27 heavy (non-hydrogen) atoms. The van der Waals surface area contributed by atoms with Crippen molar-refractivity contribution in [1.82, 2.24) is 10.2 Å². The average Bonchev–Trinajstić information content (AvgIpc) is 3.09. The zero-order chi connectivity index (χ0) is 19.5. The highest BCUT2D eigenvalue weighted by Crippen LogP contribution is 2.49. The summed E-state index contributed by atoms with van der Waals surface area (Å²) in [5.41, 5.74) is -0.120. The first kappa shape index (κ1) is 17.4. The summed E-state index contributed by atoms with van der Waals surface area (Å²) in [4.78, 5) is 52.4. The Kier molecular flexibility index (Phi) is 3.72. The highest BCUT2D eigenvalue weighted by Gasteiger charge is 2.63. The van der Waals surface area contributed by atoms with Crippen molar-refractivity contribution in [2.75, 3.05) is 11.4 Å². The van der Waals surface area contributed by atoms with Crippen LogP contribution in [0.3, 0.4) is 0 Å². The number of nitrogens with one attached hydrogen (secondary N) is 1. The van der Waals surface area contributed by atoms with Crippen LogP contribution in [0.25, 0.3) is 0 Å². The predicted octanol–water partition coefficient (Wildman–Crippen LogP) is 1.59. The lowest BCUT2D eigenvalue weighted by atomic mass is 9.68. The molecule has 2 atom stereocenters. The molecular weight excluding hydrogens is 352 g/mol. The minimum absolute atomic E-state index is 0.0480. The minimum Gasteiger partial charge on any atom is -0.367 e. The van der Waals surface area contributed by atoms with Gasteiger partial charge in [0.25, 0.3) is 5.69 Å². The van der Waals surface area contributed by atoms with Crippen LogP contribution in [0, 0.1) is 15.5 Å². The molecule has 1 aromatic carbocycles. The molecule has 0 unspecified atom stereocenters. The van der Waals surface area contributed by atoms with E-state index in [1.54, 1.807) is 19.9 Å². The van der Waals surface area contributed by atoms with Crippen LogP contribution in [0.4, 0.5) is 16.2 Å². The van der Waals surface area contributed by atoms with E-state index in [0.29, 0.717) is 18.5 Å². The summed E-state index contributed by atoms with van der Waals surface area (Å²) in [5.74, 6) is -1.12. The van der Waals surface area contributed by atoms with Gasteiger partial charge in [0.2, 0.25) is 11.8 Å². The molecule has 1 N–H and O–H groups in total. The maximum Gasteiger partial charge on any atom is 0.331 e. The van der Waals surface area contributed by atoms with Gasteiger partial charge in [0.1, 0.15) is 0 Å². The van der Waals surface area contributed by atoms with Crippen molar-refractivity contribution in [3.8, 4) is 0 Å². The summed E-state index contributed by atoms with van der Waals surface area (Å²) < 4.78 is 0. The average molecular weight is 372 g/mol. The molecule has 2 fully saturated rings. The van der Waals surface area contributed by atoms with Crippen LogP contribution in [0.1, 0.15) is 32.3 Å². The third-order valence-electron chi connectivity index (χ3n) is 5.84. The van der Waals surface area contributed by atoms with Gasteiger partial charge in [0.05, 0.1) is 11.0 Å². The van der Waals surface area contributed by atoms with E-state index in [1.165, 1.54) is 12.1 Å². The van der Waals surface area contributed by atoms with Gasteiger partial charge in [-0.25, -0.2) is 4.79 Å². The number of nitrogens with zero attached hydrogens (tertiary/aromatic N) is 3. The molecule has 1 aromatic rings. The van der Waals surface area contributed by atoms with Crippen LogP contribution in [0.15, 0.2) is 18.2 Å². The number of barbiturate groups is 1. The van der Waals surface area contributed by atoms with Gasteiger partial charge >= 0.3 is 6.03 Å². The van der Waals surface area contributed by atoms with Crippen LogP contribution in [-0.4, -0.2) is 46.3 Å². The van der Waals surface area contributed by atoms with Crippen LogP contribution < -0.4 is 10.2 Å². The minimum atomic E-state index is -1.45. The fourth-order valence-corrected chi connectivity index (χ4v) is 4.68. The fourth-order valence-electron chi connectivity index (χ4n) is 4.68. The standard InChI is InChI=1S/C18H20N4O5/c1-10(2)21-16(24)18(15(23)19-17(21)25)9-11-8-12(22(26)27)5-6-13(11)20-7-3-4-14(18)20/h5-6,8,10,14H,3-4,7,9H2,1-2H3,(H,19,23,25)/t14-,18+/m1/s1. The second-order valence-corrected chi connectivity index (χ2v) is 7.60. The van der Waals surface area contributed by atoms with Crippen LogP contribution >= 0.6 is 0 Å². The molecule has 0 aliphatic carbocycles. The number of non-ortho nitro benzene ring substituents is 1. The monoisotopic (exact) mass is 372 g/mol. The van der Waals surface area contributed by atoms with Gasteiger partial charge in [-0.2, -0.15) is 0 Å². The van der Waals surface area contributed by atoms with Crippen molar-refractivity contribution in [3.63, 3.8) is 0 Å². The smallest absolute Gasteiger partial charge is 0.331 e. The van der Waals surface area contributed by atoms with Crippen LogP contribution in [0.5, 0.6) is 0 Å². The molecule has 9 nitrogen and oxygen atoms in total. The van der Waals surface area contributed by atoms with E-state index in [4.69, 9.17) is 0 Å². The first-order chi connectivity index (χ1) is 12.8. The highest BCUT2D eigenvalue weighted by atomic mass is 16.6. The Morgan fingerprint density at radius 2 is 2.04 bits per heavy atom. The summed E-state index contributed by atoms with van der Waals surface area (Å²) in [6.07, 6.45) is 1.50. The number of hydrogen-bond donors (Lipinski definition) is 1. The largest absolute Gasteiger partial charge is 0.367 e. The molecule has 0 radical (unpaired) electrons. The number of benzene rings is 1. The molecule has 4 amide bonds. The van der Waals surface area contributed by atoms with E-state index < -0.39 is 34.2 Å². The van der Waals surface area contributed by atoms with Gasteiger partial charge in [-0.15, -0.1) is 0 Å². The molecule has 0 aromatic heterocycles. The van der Waals surface area contributed by atoms with Crippen molar-refractivity contribution in [1.29, 1.82) is 0 Å². The Labute approximate surface area is 155 Å². The predicted molar refractivity (Wildman–Crippen MR) is 95.1 cm³/mol. The lowest BCUT2D eigenvalue weighted by molar-refractivity contribution is -0.384. The van der Waals surface area contributed by atoms with Gasteiger partial charge < -0.3 is 4.90 Å². The maximum absolute atomic E-state index is 13.4. The quantitative estimate of drug-likeness (QED) is 0.479. The second kappa shape index (κ2) is 5.77. The number of anilines is 1. The summed E-state index contributed by atoms with van der Waals surface area (Å²) >= 11 is 0. The zero-order valence-corrected chi connectivity index (χ0v) is 15.1. The molecule has 142 valence electrons. The Morgan fingerprint density at radius 3 is 2.70 bits per heavy atom. The number of hydrogen-bond acceptors (Lipinski definition) is 6.